The second-order valence-electron chi connectivity index (χ2n) is 9.30. The number of anilines is 1. The number of aromatic nitrogens is 6. The van der Waals surface area contributed by atoms with Crippen LogP contribution in [0.3, 0.4) is 0 Å². The SMILES string of the molecule is CC.CC1CN(c2ncnc3c2c(-c2cncnc2)cn3-c2cc(C#N)ccn2)CCN1C(=O)C(C)(C)O. The van der Waals surface area contributed by atoms with Crippen molar-refractivity contribution in [3.05, 3.63) is 55.1 Å². The van der Waals surface area contributed by atoms with Gasteiger partial charge in [0.2, 0.25) is 0 Å². The van der Waals surface area contributed by atoms with Crippen LogP contribution in [0.1, 0.15) is 40.2 Å². The monoisotopic (exact) mass is 513 g/mol. The smallest absolute Gasteiger partial charge is 0.254 e. The Balaban J connectivity index is 0.00000164. The van der Waals surface area contributed by atoms with Crippen LogP contribution in [-0.2, 0) is 4.79 Å². The van der Waals surface area contributed by atoms with Gasteiger partial charge in [0, 0.05) is 61.6 Å². The number of amides is 1. The molecule has 1 atom stereocenters. The van der Waals surface area contributed by atoms with Gasteiger partial charge in [-0.3, -0.25) is 9.36 Å². The molecule has 4 aromatic heterocycles. The third-order valence-corrected chi connectivity index (χ3v) is 6.27. The molecule has 0 saturated carbocycles. The maximum atomic E-state index is 12.7. The molecule has 38 heavy (non-hydrogen) atoms. The summed E-state index contributed by atoms with van der Waals surface area (Å²) in [5.41, 5.74) is 1.30. The molecule has 11 nitrogen and oxygen atoms in total. The average Bonchev–Trinajstić information content (AvgIpc) is 3.34. The number of carbonyl (C=O) groups excluding carboxylic acids is 1. The quantitative estimate of drug-likeness (QED) is 0.436. The van der Waals surface area contributed by atoms with E-state index < -0.39 is 5.60 Å². The zero-order valence-corrected chi connectivity index (χ0v) is 22.2. The van der Waals surface area contributed by atoms with Crippen molar-refractivity contribution in [1.29, 1.82) is 5.26 Å². The maximum absolute atomic E-state index is 12.7. The summed E-state index contributed by atoms with van der Waals surface area (Å²) in [7, 11) is 0. The molecule has 1 amide bonds. The zero-order valence-electron chi connectivity index (χ0n) is 22.2. The summed E-state index contributed by atoms with van der Waals surface area (Å²) >= 11 is 0. The predicted molar refractivity (Wildman–Crippen MR) is 143 cm³/mol. The molecule has 1 fully saturated rings. The van der Waals surface area contributed by atoms with Gasteiger partial charge in [0.05, 0.1) is 17.0 Å². The first-order chi connectivity index (χ1) is 18.3. The lowest BCUT2D eigenvalue weighted by Gasteiger charge is -2.42. The zero-order chi connectivity index (χ0) is 27.4. The Morgan fingerprint density at radius 3 is 2.53 bits per heavy atom. The average molecular weight is 514 g/mol. The summed E-state index contributed by atoms with van der Waals surface area (Å²) in [6, 6.07) is 5.37. The van der Waals surface area contributed by atoms with Gasteiger partial charge in [-0.2, -0.15) is 5.26 Å². The van der Waals surface area contributed by atoms with E-state index in [1.807, 2.05) is 31.5 Å². The molecular formula is C27H31N9O2. The summed E-state index contributed by atoms with van der Waals surface area (Å²) in [6.07, 6.45) is 9.93. The van der Waals surface area contributed by atoms with E-state index >= 15 is 0 Å². The van der Waals surface area contributed by atoms with E-state index in [1.54, 1.807) is 35.6 Å². The number of hydrogen-bond acceptors (Lipinski definition) is 9. The Bertz CT molecular complexity index is 1470. The van der Waals surface area contributed by atoms with E-state index in [9.17, 15) is 15.2 Å². The molecule has 5 rings (SSSR count). The van der Waals surface area contributed by atoms with Crippen molar-refractivity contribution in [2.24, 2.45) is 0 Å². The number of hydrogen-bond donors (Lipinski definition) is 1. The van der Waals surface area contributed by atoms with Crippen LogP contribution in [0.15, 0.2) is 49.6 Å². The van der Waals surface area contributed by atoms with Gasteiger partial charge in [-0.05, 0) is 32.9 Å². The molecule has 1 aliphatic rings. The van der Waals surface area contributed by atoms with E-state index in [-0.39, 0.29) is 11.9 Å². The lowest BCUT2D eigenvalue weighted by Crippen LogP contribution is -2.58. The number of fused-ring (bicyclic) bond motifs is 1. The van der Waals surface area contributed by atoms with Crippen LogP contribution in [0.5, 0.6) is 0 Å². The number of pyridine rings is 1. The lowest BCUT2D eigenvalue weighted by atomic mass is 10.0. The Morgan fingerprint density at radius 1 is 1.13 bits per heavy atom. The minimum Gasteiger partial charge on any atom is -0.381 e. The van der Waals surface area contributed by atoms with Crippen LogP contribution in [0.4, 0.5) is 5.82 Å². The summed E-state index contributed by atoms with van der Waals surface area (Å²) in [6.45, 7) is 10.5. The number of piperazine rings is 1. The van der Waals surface area contributed by atoms with Gasteiger partial charge < -0.3 is 14.9 Å². The molecule has 11 heteroatoms. The molecule has 0 radical (unpaired) electrons. The van der Waals surface area contributed by atoms with E-state index in [0.717, 1.165) is 22.3 Å². The molecule has 0 bridgehead atoms. The molecule has 1 N–H and O–H groups in total. The third-order valence-electron chi connectivity index (χ3n) is 6.27. The van der Waals surface area contributed by atoms with E-state index in [1.165, 1.54) is 26.5 Å². The number of rotatable bonds is 4. The number of nitrogens with zero attached hydrogens (tertiary/aromatic N) is 9. The Labute approximate surface area is 221 Å². The fraction of sp³-hybridized carbons (Fsp3) is 0.370. The third kappa shape index (κ3) is 5.03. The summed E-state index contributed by atoms with van der Waals surface area (Å²) in [5, 5.41) is 20.4. The van der Waals surface area contributed by atoms with Gasteiger partial charge in [0.1, 0.15) is 29.9 Å². The van der Waals surface area contributed by atoms with E-state index in [2.05, 4.69) is 35.9 Å². The Hall–Kier alpha value is -4.43. The number of nitriles is 1. The lowest BCUT2D eigenvalue weighted by molar-refractivity contribution is -0.150. The Morgan fingerprint density at radius 2 is 1.87 bits per heavy atom. The van der Waals surface area contributed by atoms with Crippen molar-refractivity contribution in [2.75, 3.05) is 24.5 Å². The van der Waals surface area contributed by atoms with Crippen LogP contribution in [-0.4, -0.2) is 76.7 Å². The highest BCUT2D eigenvalue weighted by molar-refractivity contribution is 6.02. The van der Waals surface area contributed by atoms with Crippen LogP contribution >= 0.6 is 0 Å². The van der Waals surface area contributed by atoms with Crippen molar-refractivity contribution >= 4 is 22.8 Å². The first kappa shape index (κ1) is 26.6. The molecule has 5 heterocycles. The molecule has 1 saturated heterocycles. The summed E-state index contributed by atoms with van der Waals surface area (Å²) in [5.74, 6) is 0.983. The van der Waals surface area contributed by atoms with Crippen LogP contribution in [0.2, 0.25) is 0 Å². The molecule has 0 aromatic carbocycles. The second-order valence-corrected chi connectivity index (χ2v) is 9.30. The van der Waals surface area contributed by atoms with Gasteiger partial charge in [-0.25, -0.2) is 24.9 Å². The van der Waals surface area contributed by atoms with E-state index in [4.69, 9.17) is 0 Å². The van der Waals surface area contributed by atoms with Crippen LogP contribution in [0, 0.1) is 11.3 Å². The molecule has 1 aliphatic heterocycles. The Kier molecular flexibility index (Phi) is 7.64. The number of carbonyl (C=O) groups is 1. The van der Waals surface area contributed by atoms with Crippen molar-refractivity contribution in [3.63, 3.8) is 0 Å². The number of aliphatic hydroxyl groups is 1. The fourth-order valence-electron chi connectivity index (χ4n) is 4.54. The highest BCUT2D eigenvalue weighted by Gasteiger charge is 2.36. The topological polar surface area (TPSA) is 137 Å². The van der Waals surface area contributed by atoms with Crippen molar-refractivity contribution < 1.29 is 9.90 Å². The normalized spacial score (nSPS) is 15.6. The van der Waals surface area contributed by atoms with Gasteiger partial charge in [0.25, 0.3) is 5.91 Å². The first-order valence-corrected chi connectivity index (χ1v) is 12.5. The molecule has 0 spiro atoms. The van der Waals surface area contributed by atoms with Gasteiger partial charge >= 0.3 is 0 Å². The summed E-state index contributed by atoms with van der Waals surface area (Å²) in [4.78, 5) is 38.6. The highest BCUT2D eigenvalue weighted by Crippen LogP contribution is 2.36. The molecule has 4 aromatic rings. The molecule has 196 valence electrons. The first-order valence-electron chi connectivity index (χ1n) is 12.5. The van der Waals surface area contributed by atoms with Crippen LogP contribution in [0.25, 0.3) is 28.0 Å². The van der Waals surface area contributed by atoms with Crippen molar-refractivity contribution in [2.45, 2.75) is 46.3 Å². The second kappa shape index (κ2) is 10.9. The van der Waals surface area contributed by atoms with Gasteiger partial charge in [0.15, 0.2) is 5.65 Å². The van der Waals surface area contributed by atoms with Crippen LogP contribution < -0.4 is 4.90 Å². The van der Waals surface area contributed by atoms with Crippen molar-refractivity contribution in [1.82, 2.24) is 34.4 Å². The van der Waals surface area contributed by atoms with Crippen molar-refractivity contribution in [3.8, 4) is 23.0 Å². The largest absolute Gasteiger partial charge is 0.381 e. The fourth-order valence-corrected chi connectivity index (χ4v) is 4.54. The molecule has 0 aliphatic carbocycles. The highest BCUT2D eigenvalue weighted by atomic mass is 16.3. The minimum atomic E-state index is -1.43. The minimum absolute atomic E-state index is 0.137. The standard InChI is InChI=1S/C25H25N9O2.C2H6/c1-16-12-32(6-7-33(16)24(35)25(2,3)36)22-21-19(18-10-27-14-28-11-18)13-34(23(21)31-15-30-22)20-8-17(9-26)4-5-29-20;1-2/h4-5,8,10-11,13-16,36H,6-7,12H2,1-3H3;1-2H3. The maximum Gasteiger partial charge on any atom is 0.254 e. The summed E-state index contributed by atoms with van der Waals surface area (Å²) < 4.78 is 1.83. The molecular weight excluding hydrogens is 482 g/mol. The predicted octanol–water partition coefficient (Wildman–Crippen LogP) is 2.98. The molecule has 1 unspecified atom stereocenters. The van der Waals surface area contributed by atoms with Gasteiger partial charge in [-0.15, -0.1) is 0 Å². The van der Waals surface area contributed by atoms with Gasteiger partial charge in [-0.1, -0.05) is 13.8 Å². The van der Waals surface area contributed by atoms with E-state index in [0.29, 0.717) is 36.7 Å².